The van der Waals surface area contributed by atoms with Gasteiger partial charge in [-0.15, -0.1) is 0 Å². The molecular weight excluding hydrogens is 252 g/mol. The zero-order valence-electron chi connectivity index (χ0n) is 12.7. The first kappa shape index (κ1) is 14.9. The first-order valence-electron chi connectivity index (χ1n) is 7.27. The zero-order valence-corrected chi connectivity index (χ0v) is 12.7. The summed E-state index contributed by atoms with van der Waals surface area (Å²) in [4.78, 5) is 14.2. The Balaban J connectivity index is 2.32. The van der Waals surface area contributed by atoms with Gasteiger partial charge in [0, 0.05) is 11.6 Å². The van der Waals surface area contributed by atoms with Crippen molar-refractivity contribution in [3.63, 3.8) is 0 Å². The van der Waals surface area contributed by atoms with E-state index in [9.17, 15) is 4.79 Å². The summed E-state index contributed by atoms with van der Waals surface area (Å²) in [7, 11) is 1.66. The third kappa shape index (κ3) is 2.66. The molecule has 4 nitrogen and oxygen atoms in total. The van der Waals surface area contributed by atoms with Gasteiger partial charge in [0.25, 0.3) is 0 Å². The molecule has 2 rings (SSSR count). The lowest BCUT2D eigenvalue weighted by molar-refractivity contribution is -0.131. The molecule has 1 heterocycles. The van der Waals surface area contributed by atoms with Crippen LogP contribution in [-0.2, 0) is 4.79 Å². The lowest BCUT2D eigenvalue weighted by Gasteiger charge is -2.34. The fraction of sp³-hybridized carbons (Fsp3) is 0.562. The molecule has 0 bridgehead atoms. The number of hydrogen-bond donors (Lipinski definition) is 1. The second-order valence-corrected chi connectivity index (χ2v) is 5.45. The van der Waals surface area contributed by atoms with Crippen molar-refractivity contribution < 1.29 is 9.53 Å². The van der Waals surface area contributed by atoms with E-state index in [1.165, 1.54) is 0 Å². The zero-order chi connectivity index (χ0) is 14.7. The molecule has 1 aliphatic heterocycles. The molecule has 110 valence electrons. The van der Waals surface area contributed by atoms with Crippen LogP contribution in [0.1, 0.15) is 38.9 Å². The van der Waals surface area contributed by atoms with E-state index in [4.69, 9.17) is 4.74 Å². The highest BCUT2D eigenvalue weighted by atomic mass is 16.5. The van der Waals surface area contributed by atoms with Gasteiger partial charge in [0.15, 0.2) is 0 Å². The summed E-state index contributed by atoms with van der Waals surface area (Å²) < 4.78 is 5.43. The topological polar surface area (TPSA) is 41.6 Å². The van der Waals surface area contributed by atoms with Crippen molar-refractivity contribution in [2.75, 3.05) is 13.7 Å². The maximum Gasteiger partial charge on any atom is 0.238 e. The summed E-state index contributed by atoms with van der Waals surface area (Å²) in [6.07, 6.45) is 0.964. The van der Waals surface area contributed by atoms with Gasteiger partial charge in [-0.1, -0.05) is 38.5 Å². The van der Waals surface area contributed by atoms with Crippen molar-refractivity contribution in [3.05, 3.63) is 29.8 Å². The van der Waals surface area contributed by atoms with Crippen molar-refractivity contribution in [1.29, 1.82) is 0 Å². The highest BCUT2D eigenvalue weighted by molar-refractivity contribution is 5.81. The van der Waals surface area contributed by atoms with E-state index in [0.29, 0.717) is 12.5 Å². The Labute approximate surface area is 121 Å². The number of ether oxygens (including phenoxy) is 1. The molecule has 0 spiro atoms. The van der Waals surface area contributed by atoms with E-state index in [1.807, 2.05) is 29.2 Å². The summed E-state index contributed by atoms with van der Waals surface area (Å²) in [5.41, 5.74) is 1.02. The van der Waals surface area contributed by atoms with Crippen LogP contribution in [0.15, 0.2) is 24.3 Å². The van der Waals surface area contributed by atoms with E-state index >= 15 is 0 Å². The van der Waals surface area contributed by atoms with Crippen molar-refractivity contribution in [2.45, 2.75) is 39.4 Å². The summed E-state index contributed by atoms with van der Waals surface area (Å²) in [6.45, 7) is 6.87. The van der Waals surface area contributed by atoms with Crippen molar-refractivity contribution in [2.24, 2.45) is 5.92 Å². The van der Waals surface area contributed by atoms with Gasteiger partial charge in [-0.05, 0) is 18.9 Å². The van der Waals surface area contributed by atoms with E-state index in [-0.39, 0.29) is 18.1 Å². The van der Waals surface area contributed by atoms with Crippen LogP contribution in [0, 0.1) is 5.92 Å². The van der Waals surface area contributed by atoms with Crippen LogP contribution < -0.4 is 10.1 Å². The van der Waals surface area contributed by atoms with E-state index in [1.54, 1.807) is 7.11 Å². The first-order valence-corrected chi connectivity index (χ1v) is 7.27. The Morgan fingerprint density at radius 2 is 2.10 bits per heavy atom. The number of methoxy groups -OCH3 is 1. The molecule has 3 unspecified atom stereocenters. The van der Waals surface area contributed by atoms with Crippen molar-refractivity contribution in [1.82, 2.24) is 10.2 Å². The number of rotatable bonds is 5. The number of hydrogen-bond acceptors (Lipinski definition) is 3. The Morgan fingerprint density at radius 1 is 1.40 bits per heavy atom. The number of para-hydroxylation sites is 1. The predicted molar refractivity (Wildman–Crippen MR) is 79.5 cm³/mol. The van der Waals surface area contributed by atoms with Gasteiger partial charge >= 0.3 is 0 Å². The van der Waals surface area contributed by atoms with Crippen LogP contribution in [0.4, 0.5) is 0 Å². The van der Waals surface area contributed by atoms with Gasteiger partial charge in [-0.3, -0.25) is 10.1 Å². The molecular formula is C16H24N2O2. The van der Waals surface area contributed by atoms with Gasteiger partial charge in [0.1, 0.15) is 11.9 Å². The third-order valence-electron chi connectivity index (χ3n) is 4.35. The number of amides is 1. The second-order valence-electron chi connectivity index (χ2n) is 5.45. The molecule has 0 aliphatic carbocycles. The maximum absolute atomic E-state index is 12.2. The minimum atomic E-state index is -0.0948. The Kier molecular flexibility index (Phi) is 4.65. The summed E-state index contributed by atoms with van der Waals surface area (Å²) in [5.74, 6) is 1.45. The van der Waals surface area contributed by atoms with Crippen LogP contribution in [0.25, 0.3) is 0 Å². The van der Waals surface area contributed by atoms with Crippen molar-refractivity contribution >= 4 is 5.91 Å². The van der Waals surface area contributed by atoms with Crippen LogP contribution >= 0.6 is 0 Å². The summed E-state index contributed by atoms with van der Waals surface area (Å²) in [6, 6.07) is 8.09. The predicted octanol–water partition coefficient (Wildman–Crippen LogP) is 2.56. The Bertz CT molecular complexity index is 475. The molecule has 4 heteroatoms. The minimum Gasteiger partial charge on any atom is -0.496 e. The molecule has 3 atom stereocenters. The summed E-state index contributed by atoms with van der Waals surface area (Å²) in [5, 5.41) is 3.30. The smallest absolute Gasteiger partial charge is 0.238 e. The van der Waals surface area contributed by atoms with Crippen LogP contribution in [0.5, 0.6) is 5.75 Å². The number of nitrogens with zero attached hydrogens (tertiary/aromatic N) is 1. The quantitative estimate of drug-likeness (QED) is 0.898. The SMILES string of the molecule is CCC(C)C(C)N1C(=O)CNC1c1ccccc1OC. The molecule has 0 saturated carbocycles. The lowest BCUT2D eigenvalue weighted by Crippen LogP contribution is -2.41. The van der Waals surface area contributed by atoms with Gasteiger partial charge in [-0.2, -0.15) is 0 Å². The number of benzene rings is 1. The lowest BCUT2D eigenvalue weighted by atomic mass is 9.98. The standard InChI is InChI=1S/C16H24N2O2/c1-5-11(2)12(3)18-15(19)10-17-16(18)13-8-6-7-9-14(13)20-4/h6-9,11-12,16-17H,5,10H2,1-4H3. The molecule has 1 N–H and O–H groups in total. The van der Waals surface area contributed by atoms with E-state index in [0.717, 1.165) is 17.7 Å². The van der Waals surface area contributed by atoms with Crippen LogP contribution in [0.3, 0.4) is 0 Å². The fourth-order valence-electron chi connectivity index (χ4n) is 2.75. The van der Waals surface area contributed by atoms with Gasteiger partial charge in [-0.25, -0.2) is 0 Å². The molecule has 1 amide bonds. The monoisotopic (exact) mass is 276 g/mol. The molecule has 1 fully saturated rings. The number of carbonyl (C=O) groups excluding carboxylic acids is 1. The van der Waals surface area contributed by atoms with Gasteiger partial charge in [0.05, 0.1) is 13.7 Å². The van der Waals surface area contributed by atoms with Gasteiger partial charge < -0.3 is 9.64 Å². The first-order chi connectivity index (χ1) is 9.60. The van der Waals surface area contributed by atoms with Crippen LogP contribution in [-0.4, -0.2) is 30.5 Å². The number of carbonyl (C=O) groups is 1. The molecule has 1 aromatic rings. The molecule has 20 heavy (non-hydrogen) atoms. The minimum absolute atomic E-state index is 0.0948. The maximum atomic E-state index is 12.2. The molecule has 1 saturated heterocycles. The highest BCUT2D eigenvalue weighted by Crippen LogP contribution is 2.33. The average molecular weight is 276 g/mol. The molecule has 1 aliphatic rings. The Hall–Kier alpha value is -1.55. The molecule has 0 aromatic heterocycles. The molecule has 1 aromatic carbocycles. The van der Waals surface area contributed by atoms with E-state index < -0.39 is 0 Å². The average Bonchev–Trinajstić information content (AvgIpc) is 2.87. The normalized spacial score (nSPS) is 21.9. The van der Waals surface area contributed by atoms with E-state index in [2.05, 4.69) is 26.1 Å². The largest absolute Gasteiger partial charge is 0.496 e. The molecule has 0 radical (unpaired) electrons. The Morgan fingerprint density at radius 3 is 2.75 bits per heavy atom. The second kappa shape index (κ2) is 6.27. The number of nitrogens with one attached hydrogen (secondary N) is 1. The van der Waals surface area contributed by atoms with Crippen LogP contribution in [0.2, 0.25) is 0 Å². The van der Waals surface area contributed by atoms with Gasteiger partial charge in [0.2, 0.25) is 5.91 Å². The van der Waals surface area contributed by atoms with Crippen molar-refractivity contribution in [3.8, 4) is 5.75 Å². The fourth-order valence-corrected chi connectivity index (χ4v) is 2.75. The highest BCUT2D eigenvalue weighted by Gasteiger charge is 2.37. The summed E-state index contributed by atoms with van der Waals surface area (Å²) >= 11 is 0. The third-order valence-corrected chi connectivity index (χ3v) is 4.35.